The Hall–Kier alpha value is -1.15. The van der Waals surface area contributed by atoms with Crippen LogP contribution in [0.5, 0.6) is 0 Å². The number of unbranched alkanes of at least 4 members (excludes halogenated alkanes) is 1. The van der Waals surface area contributed by atoms with E-state index < -0.39 is 0 Å². The molecule has 2 heteroatoms. The molecule has 14 heavy (non-hydrogen) atoms. The number of allylic oxidation sites excluding steroid dienone is 1. The molecule has 0 spiro atoms. The van der Waals surface area contributed by atoms with Gasteiger partial charge in [0, 0.05) is 12.4 Å². The summed E-state index contributed by atoms with van der Waals surface area (Å²) in [5, 5.41) is 9.80. The van der Waals surface area contributed by atoms with Crippen LogP contribution < -0.4 is 0 Å². The molecule has 1 rings (SSSR count). The van der Waals surface area contributed by atoms with Gasteiger partial charge >= 0.3 is 0 Å². The third-order valence-electron chi connectivity index (χ3n) is 2.17. The summed E-state index contributed by atoms with van der Waals surface area (Å²) < 4.78 is 0. The van der Waals surface area contributed by atoms with E-state index in [1.54, 1.807) is 12.4 Å². The number of hydrogen-bond acceptors (Lipinski definition) is 2. The van der Waals surface area contributed by atoms with Crippen LogP contribution in [0.25, 0.3) is 0 Å². The first kappa shape index (κ1) is 10.9. The molecule has 0 saturated carbocycles. The quantitative estimate of drug-likeness (QED) is 0.573. The lowest BCUT2D eigenvalue weighted by molar-refractivity contribution is 0.164. The predicted octanol–water partition coefficient (Wildman–Crippen LogP) is 2.78. The number of aliphatic hydroxyl groups excluding tert-OH is 1. The first-order valence-electron chi connectivity index (χ1n) is 4.94. The van der Waals surface area contributed by atoms with E-state index >= 15 is 0 Å². The maximum atomic E-state index is 9.80. The van der Waals surface area contributed by atoms with Crippen LogP contribution in [0.4, 0.5) is 0 Å². The fourth-order valence-electron chi connectivity index (χ4n) is 1.38. The number of nitrogens with zero attached hydrogens (tertiary/aromatic N) is 1. The zero-order chi connectivity index (χ0) is 10.4. The maximum absolute atomic E-state index is 9.80. The van der Waals surface area contributed by atoms with E-state index in [1.165, 1.54) is 0 Å². The molecule has 1 N–H and O–H groups in total. The van der Waals surface area contributed by atoms with Gasteiger partial charge in [-0.05, 0) is 37.3 Å². The van der Waals surface area contributed by atoms with Crippen molar-refractivity contribution in [3.63, 3.8) is 0 Å². The van der Waals surface area contributed by atoms with Crippen LogP contribution in [0.1, 0.15) is 36.5 Å². The average Bonchev–Trinajstić information content (AvgIpc) is 2.18. The molecule has 1 aromatic heterocycles. The molecule has 0 amide bonds. The van der Waals surface area contributed by atoms with Crippen LogP contribution >= 0.6 is 0 Å². The zero-order valence-corrected chi connectivity index (χ0v) is 8.61. The highest BCUT2D eigenvalue weighted by Gasteiger charge is 2.06. The summed E-state index contributed by atoms with van der Waals surface area (Å²) in [7, 11) is 0. The van der Waals surface area contributed by atoms with Gasteiger partial charge in [-0.25, -0.2) is 0 Å². The summed E-state index contributed by atoms with van der Waals surface area (Å²) >= 11 is 0. The molecule has 0 aliphatic heterocycles. The third kappa shape index (κ3) is 3.30. The molecule has 0 bridgehead atoms. The molecule has 0 fully saturated rings. The van der Waals surface area contributed by atoms with Crippen molar-refractivity contribution in [2.24, 2.45) is 0 Å². The highest BCUT2D eigenvalue weighted by molar-refractivity contribution is 5.18. The van der Waals surface area contributed by atoms with Crippen LogP contribution in [-0.2, 0) is 0 Å². The molecule has 2 nitrogen and oxygen atoms in total. The average molecular weight is 191 g/mol. The molecule has 1 aromatic rings. The minimum absolute atomic E-state index is 0.387. The van der Waals surface area contributed by atoms with Crippen LogP contribution in [-0.4, -0.2) is 10.1 Å². The first-order valence-corrected chi connectivity index (χ1v) is 4.94. The van der Waals surface area contributed by atoms with Gasteiger partial charge in [-0.1, -0.05) is 12.1 Å². The minimum Gasteiger partial charge on any atom is -0.388 e. The van der Waals surface area contributed by atoms with Gasteiger partial charge < -0.3 is 5.11 Å². The number of aryl methyl sites for hydroxylation is 1. The number of aliphatic hydroxyl groups is 1. The van der Waals surface area contributed by atoms with Crippen molar-refractivity contribution < 1.29 is 5.11 Å². The number of hydrogen-bond donors (Lipinski definition) is 1. The van der Waals surface area contributed by atoms with Gasteiger partial charge in [0.1, 0.15) is 0 Å². The molecule has 0 aliphatic rings. The van der Waals surface area contributed by atoms with E-state index in [4.69, 9.17) is 0 Å². The second-order valence-corrected chi connectivity index (χ2v) is 3.53. The lowest BCUT2D eigenvalue weighted by Gasteiger charge is -2.09. The molecular weight excluding hydrogens is 174 g/mol. The van der Waals surface area contributed by atoms with E-state index in [1.807, 2.05) is 19.1 Å². The van der Waals surface area contributed by atoms with Gasteiger partial charge in [0.25, 0.3) is 0 Å². The first-order chi connectivity index (χ1) is 6.74. The minimum atomic E-state index is -0.387. The SMILES string of the molecule is C=CCCCC(O)c1cncc(C)c1. The number of pyridine rings is 1. The van der Waals surface area contributed by atoms with Gasteiger partial charge in [0.2, 0.25) is 0 Å². The molecule has 0 saturated heterocycles. The molecule has 1 unspecified atom stereocenters. The van der Waals surface area contributed by atoms with Crippen molar-refractivity contribution in [1.29, 1.82) is 0 Å². The Labute approximate surface area is 85.3 Å². The van der Waals surface area contributed by atoms with Crippen LogP contribution in [0.15, 0.2) is 31.1 Å². The third-order valence-corrected chi connectivity index (χ3v) is 2.17. The molecule has 0 aliphatic carbocycles. The van der Waals surface area contributed by atoms with Crippen molar-refractivity contribution in [3.05, 3.63) is 42.2 Å². The fourth-order valence-corrected chi connectivity index (χ4v) is 1.38. The van der Waals surface area contributed by atoms with Crippen LogP contribution in [0.3, 0.4) is 0 Å². The zero-order valence-electron chi connectivity index (χ0n) is 8.61. The Balaban J connectivity index is 2.51. The smallest absolute Gasteiger partial charge is 0.0805 e. The fraction of sp³-hybridized carbons (Fsp3) is 0.417. The van der Waals surface area contributed by atoms with Gasteiger partial charge in [-0.15, -0.1) is 6.58 Å². The van der Waals surface area contributed by atoms with Crippen molar-refractivity contribution in [3.8, 4) is 0 Å². The second-order valence-electron chi connectivity index (χ2n) is 3.53. The summed E-state index contributed by atoms with van der Waals surface area (Å²) in [4.78, 5) is 4.05. The Bertz CT molecular complexity index is 296. The van der Waals surface area contributed by atoms with E-state index in [0.717, 1.165) is 30.4 Å². The van der Waals surface area contributed by atoms with Crippen LogP contribution in [0, 0.1) is 6.92 Å². The van der Waals surface area contributed by atoms with Gasteiger partial charge in [0.05, 0.1) is 6.10 Å². The van der Waals surface area contributed by atoms with Gasteiger partial charge in [0.15, 0.2) is 0 Å². The molecule has 1 atom stereocenters. The molecule has 0 radical (unpaired) electrons. The highest BCUT2D eigenvalue weighted by atomic mass is 16.3. The van der Waals surface area contributed by atoms with Crippen molar-refractivity contribution in [2.75, 3.05) is 0 Å². The standard InChI is InChI=1S/C12H17NO/c1-3-4-5-6-12(14)11-7-10(2)8-13-9-11/h3,7-9,12,14H,1,4-6H2,2H3. The van der Waals surface area contributed by atoms with Gasteiger partial charge in [-0.3, -0.25) is 4.98 Å². The summed E-state index contributed by atoms with van der Waals surface area (Å²) in [6.45, 7) is 5.63. The van der Waals surface area contributed by atoms with E-state index in [9.17, 15) is 5.11 Å². The summed E-state index contributed by atoms with van der Waals surface area (Å²) in [5.74, 6) is 0. The Morgan fingerprint density at radius 3 is 3.00 bits per heavy atom. The molecule has 1 heterocycles. The lowest BCUT2D eigenvalue weighted by Crippen LogP contribution is -1.98. The normalized spacial score (nSPS) is 12.4. The molecule has 76 valence electrons. The Morgan fingerprint density at radius 1 is 1.57 bits per heavy atom. The number of aromatic nitrogens is 1. The highest BCUT2D eigenvalue weighted by Crippen LogP contribution is 2.18. The maximum Gasteiger partial charge on any atom is 0.0805 e. The summed E-state index contributed by atoms with van der Waals surface area (Å²) in [6, 6.07) is 1.98. The van der Waals surface area contributed by atoms with Crippen molar-refractivity contribution in [2.45, 2.75) is 32.3 Å². The Morgan fingerprint density at radius 2 is 2.36 bits per heavy atom. The van der Waals surface area contributed by atoms with E-state index in [0.29, 0.717) is 0 Å². The van der Waals surface area contributed by atoms with Crippen LogP contribution in [0.2, 0.25) is 0 Å². The largest absolute Gasteiger partial charge is 0.388 e. The summed E-state index contributed by atoms with van der Waals surface area (Å²) in [6.07, 6.45) is 7.71. The van der Waals surface area contributed by atoms with E-state index in [-0.39, 0.29) is 6.10 Å². The van der Waals surface area contributed by atoms with Gasteiger partial charge in [-0.2, -0.15) is 0 Å². The molecular formula is C12H17NO. The topological polar surface area (TPSA) is 33.1 Å². The molecule has 0 aromatic carbocycles. The predicted molar refractivity (Wildman–Crippen MR) is 58.0 cm³/mol. The second kappa shape index (κ2) is 5.55. The summed E-state index contributed by atoms with van der Waals surface area (Å²) in [5.41, 5.74) is 2.00. The number of rotatable bonds is 5. The van der Waals surface area contributed by atoms with Crippen molar-refractivity contribution in [1.82, 2.24) is 4.98 Å². The van der Waals surface area contributed by atoms with Crippen molar-refractivity contribution >= 4 is 0 Å². The lowest BCUT2D eigenvalue weighted by atomic mass is 10.0. The van der Waals surface area contributed by atoms with E-state index in [2.05, 4.69) is 11.6 Å². The Kier molecular flexibility index (Phi) is 4.33. The monoisotopic (exact) mass is 191 g/mol.